The highest BCUT2D eigenvalue weighted by Gasteiger charge is 2.36. The molecule has 10 heteroatoms. The maximum atomic E-state index is 14.1. The number of aromatic nitrogens is 1. The van der Waals surface area contributed by atoms with E-state index in [2.05, 4.69) is 15.6 Å². The van der Waals surface area contributed by atoms with Crippen LogP contribution in [0.5, 0.6) is 0 Å². The molecule has 2 saturated heterocycles. The van der Waals surface area contributed by atoms with E-state index in [0.717, 1.165) is 34.7 Å². The number of carbonyl (C=O) groups excluding carboxylic acids is 2. The Bertz CT molecular complexity index is 1650. The van der Waals surface area contributed by atoms with Gasteiger partial charge in [0.25, 0.3) is 11.8 Å². The number of alkyl halides is 1. The van der Waals surface area contributed by atoms with Gasteiger partial charge in [-0.15, -0.1) is 11.3 Å². The third-order valence-corrected chi connectivity index (χ3v) is 10.0. The van der Waals surface area contributed by atoms with Crippen LogP contribution in [0.2, 0.25) is 0 Å². The fourth-order valence-corrected chi connectivity index (χ4v) is 7.49. The van der Waals surface area contributed by atoms with Gasteiger partial charge in [-0.2, -0.15) is 0 Å². The molecule has 0 radical (unpaired) electrons. The first kappa shape index (κ1) is 33.0. The van der Waals surface area contributed by atoms with Gasteiger partial charge in [0.15, 0.2) is 0 Å². The van der Waals surface area contributed by atoms with Crippen LogP contribution in [0.15, 0.2) is 84.2 Å². The number of ether oxygens (including phenoxy) is 1. The molecule has 2 amide bonds. The lowest BCUT2D eigenvalue weighted by Gasteiger charge is -2.29. The van der Waals surface area contributed by atoms with E-state index in [4.69, 9.17) is 4.74 Å². The van der Waals surface area contributed by atoms with E-state index in [0.29, 0.717) is 32.5 Å². The molecule has 3 heterocycles. The summed E-state index contributed by atoms with van der Waals surface area (Å²) in [5, 5.41) is 20.9. The number of aliphatic hydroxyl groups excluding tert-OH is 1. The first-order chi connectivity index (χ1) is 22.9. The van der Waals surface area contributed by atoms with Crippen molar-refractivity contribution < 1.29 is 23.8 Å². The van der Waals surface area contributed by atoms with Crippen LogP contribution in [0.3, 0.4) is 0 Å². The lowest BCUT2D eigenvalue weighted by molar-refractivity contribution is 0.0419. The van der Waals surface area contributed by atoms with Crippen LogP contribution in [-0.2, 0) is 24.4 Å². The minimum absolute atomic E-state index is 0.0829. The van der Waals surface area contributed by atoms with Gasteiger partial charge in [0.1, 0.15) is 11.7 Å². The highest BCUT2D eigenvalue weighted by Crippen LogP contribution is 2.35. The van der Waals surface area contributed by atoms with Crippen molar-refractivity contribution in [2.75, 3.05) is 13.1 Å². The number of nitrogens with zero attached hydrogens (tertiary/aromatic N) is 2. The molecule has 2 aliphatic rings. The van der Waals surface area contributed by atoms with Crippen LogP contribution in [0.1, 0.15) is 73.4 Å². The maximum Gasteiger partial charge on any atom is 0.254 e. The van der Waals surface area contributed by atoms with Gasteiger partial charge in [-0.25, -0.2) is 9.37 Å². The molecule has 0 bridgehead atoms. The van der Waals surface area contributed by atoms with Crippen molar-refractivity contribution in [1.29, 1.82) is 0 Å². The Labute approximate surface area is 279 Å². The Hall–Kier alpha value is -3.96. The first-order valence-electron chi connectivity index (χ1n) is 16.2. The zero-order valence-electron chi connectivity index (χ0n) is 26.5. The van der Waals surface area contributed by atoms with Crippen LogP contribution in [0, 0.1) is 6.92 Å². The SMILES string of the molecule is Cc1csc(C2CCCN2C(=O)c2cc(CF)cc(C(=O)N[C@H](Cc3ccccc3)[C@H](O)[C@H]3C[C@@H](OCc4ccccc4)CN3)c2)n1. The van der Waals surface area contributed by atoms with Crippen LogP contribution >= 0.6 is 11.3 Å². The number of likely N-dealkylation sites (tertiary alicyclic amines) is 1. The van der Waals surface area contributed by atoms with Crippen molar-refractivity contribution in [3.8, 4) is 0 Å². The average molecular weight is 657 g/mol. The largest absolute Gasteiger partial charge is 0.389 e. The number of nitrogens with one attached hydrogen (secondary N) is 2. The summed E-state index contributed by atoms with van der Waals surface area (Å²) in [5.41, 5.74) is 3.64. The number of aryl methyl sites for hydroxylation is 1. The molecule has 1 unspecified atom stereocenters. The van der Waals surface area contributed by atoms with Crippen LogP contribution in [0.25, 0.3) is 0 Å². The fourth-order valence-electron chi connectivity index (χ4n) is 6.55. The predicted octanol–water partition coefficient (Wildman–Crippen LogP) is 5.55. The lowest BCUT2D eigenvalue weighted by Crippen LogP contribution is -2.52. The highest BCUT2D eigenvalue weighted by molar-refractivity contribution is 7.09. The van der Waals surface area contributed by atoms with E-state index in [1.807, 2.05) is 73.0 Å². The highest BCUT2D eigenvalue weighted by atomic mass is 32.1. The fraction of sp³-hybridized carbons (Fsp3) is 0.378. The van der Waals surface area contributed by atoms with Gasteiger partial charge in [-0.1, -0.05) is 60.7 Å². The summed E-state index contributed by atoms with van der Waals surface area (Å²) in [7, 11) is 0. The normalized spacial score (nSPS) is 20.7. The average Bonchev–Trinajstić information content (AvgIpc) is 3.88. The van der Waals surface area contributed by atoms with E-state index in [1.54, 1.807) is 4.90 Å². The van der Waals surface area contributed by atoms with E-state index in [1.165, 1.54) is 29.5 Å². The summed E-state index contributed by atoms with van der Waals surface area (Å²) in [6, 6.07) is 23.1. The van der Waals surface area contributed by atoms with Gasteiger partial charge in [-0.05, 0) is 67.5 Å². The van der Waals surface area contributed by atoms with Gasteiger partial charge < -0.3 is 25.4 Å². The molecule has 0 aliphatic carbocycles. The number of hydrogen-bond donors (Lipinski definition) is 3. The van der Waals surface area contributed by atoms with E-state index in [-0.39, 0.29) is 40.8 Å². The molecule has 8 nitrogen and oxygen atoms in total. The maximum absolute atomic E-state index is 14.1. The van der Waals surface area contributed by atoms with Gasteiger partial charge in [-0.3, -0.25) is 9.59 Å². The van der Waals surface area contributed by atoms with Crippen LogP contribution < -0.4 is 10.6 Å². The number of carbonyl (C=O) groups is 2. The summed E-state index contributed by atoms with van der Waals surface area (Å²) in [6.45, 7) is 2.75. The molecule has 1 aromatic heterocycles. The van der Waals surface area contributed by atoms with Gasteiger partial charge in [0.2, 0.25) is 0 Å². The zero-order valence-corrected chi connectivity index (χ0v) is 27.3. The van der Waals surface area contributed by atoms with Crippen LogP contribution in [0.4, 0.5) is 4.39 Å². The topological polar surface area (TPSA) is 104 Å². The van der Waals surface area contributed by atoms with Crippen molar-refractivity contribution in [3.05, 3.63) is 123 Å². The third-order valence-electron chi connectivity index (χ3n) is 8.98. The Morgan fingerprint density at radius 2 is 1.79 bits per heavy atom. The van der Waals surface area contributed by atoms with Crippen LogP contribution in [-0.4, -0.2) is 64.2 Å². The van der Waals surface area contributed by atoms with Gasteiger partial charge in [0.05, 0.1) is 30.9 Å². The smallest absolute Gasteiger partial charge is 0.254 e. The van der Waals surface area contributed by atoms with E-state index >= 15 is 0 Å². The predicted molar refractivity (Wildman–Crippen MR) is 180 cm³/mol. The van der Waals surface area contributed by atoms with Crippen molar-refractivity contribution in [1.82, 2.24) is 20.5 Å². The van der Waals surface area contributed by atoms with Crippen molar-refractivity contribution in [2.45, 2.75) is 76.2 Å². The quantitative estimate of drug-likeness (QED) is 0.185. The van der Waals surface area contributed by atoms with Gasteiger partial charge >= 0.3 is 0 Å². The lowest BCUT2D eigenvalue weighted by atomic mass is 9.94. The molecule has 246 valence electrons. The number of benzene rings is 3. The minimum atomic E-state index is -0.929. The summed E-state index contributed by atoms with van der Waals surface area (Å²) in [4.78, 5) is 34.0. The van der Waals surface area contributed by atoms with E-state index < -0.39 is 24.7 Å². The van der Waals surface area contributed by atoms with Crippen molar-refractivity contribution in [2.24, 2.45) is 0 Å². The first-order valence-corrected chi connectivity index (χ1v) is 17.1. The molecule has 5 atom stereocenters. The monoisotopic (exact) mass is 656 g/mol. The summed E-state index contributed by atoms with van der Waals surface area (Å²) in [5.74, 6) is -0.722. The van der Waals surface area contributed by atoms with Crippen molar-refractivity contribution in [3.63, 3.8) is 0 Å². The zero-order chi connectivity index (χ0) is 32.8. The summed E-state index contributed by atoms with van der Waals surface area (Å²) >= 11 is 1.54. The third kappa shape index (κ3) is 8.13. The molecule has 3 N–H and O–H groups in total. The number of rotatable bonds is 12. The molecule has 0 saturated carbocycles. The second-order valence-electron chi connectivity index (χ2n) is 12.5. The minimum Gasteiger partial charge on any atom is -0.389 e. The number of aliphatic hydroxyl groups is 1. The molecule has 4 aromatic rings. The molecule has 2 aliphatic heterocycles. The van der Waals surface area contributed by atoms with Crippen molar-refractivity contribution >= 4 is 23.2 Å². The number of halogens is 1. The van der Waals surface area contributed by atoms with E-state index in [9.17, 15) is 19.1 Å². The Balaban J connectivity index is 1.18. The summed E-state index contributed by atoms with van der Waals surface area (Å²) < 4.78 is 20.2. The molecular formula is C37H41FN4O4S. The molecule has 47 heavy (non-hydrogen) atoms. The molecule has 0 spiro atoms. The number of hydrogen-bond acceptors (Lipinski definition) is 7. The Morgan fingerprint density at radius 1 is 1.06 bits per heavy atom. The number of thiazole rings is 1. The second-order valence-corrected chi connectivity index (χ2v) is 13.4. The van der Waals surface area contributed by atoms with Gasteiger partial charge in [0, 0.05) is 41.3 Å². The standard InChI is InChI=1S/C37H41FN4O4S/c1-24-23-47-36(40-24)33-13-8-14-42(33)37(45)29-16-27(20-38)15-28(18-29)35(44)41-32(17-25-9-4-2-5-10-25)34(43)31-19-30(21-39-31)46-22-26-11-6-3-7-12-26/h2-7,9-12,15-16,18,23,30-34,39,43H,8,13-14,17,19-22H2,1H3,(H,41,44)/t30-,31-,32-,33?,34-/m1/s1. The molecule has 2 fully saturated rings. The molecular weight excluding hydrogens is 615 g/mol. The molecule has 6 rings (SSSR count). The molecule has 3 aromatic carbocycles. The second kappa shape index (κ2) is 15.3. The Morgan fingerprint density at radius 3 is 2.49 bits per heavy atom. The summed E-state index contributed by atoms with van der Waals surface area (Å²) in [6.07, 6.45) is 1.61. The Kier molecular flexibility index (Phi) is 10.7. The number of amides is 2.